The standard InChI is InChI=1S/C20H23FN2O/c1-15-12-13-23(14-15)18-9-7-17(8-10-18)22-20(24)11-6-16-4-2-3-5-19(16)21/h2-5,7-10,15H,6,11-14H2,1H3,(H,22,24). The van der Waals surface area contributed by atoms with Crippen LogP contribution in [0, 0.1) is 11.7 Å². The number of carbonyl (C=O) groups is 1. The topological polar surface area (TPSA) is 32.3 Å². The number of hydrogen-bond acceptors (Lipinski definition) is 2. The highest BCUT2D eigenvalue weighted by atomic mass is 19.1. The van der Waals surface area contributed by atoms with E-state index >= 15 is 0 Å². The molecular formula is C20H23FN2O. The molecule has 0 saturated carbocycles. The SMILES string of the molecule is CC1CCN(c2ccc(NC(=O)CCc3ccccc3F)cc2)C1. The van der Waals surface area contributed by atoms with E-state index < -0.39 is 0 Å². The van der Waals surface area contributed by atoms with Gasteiger partial charge in [-0.25, -0.2) is 4.39 Å². The number of halogens is 1. The summed E-state index contributed by atoms with van der Waals surface area (Å²) >= 11 is 0. The van der Waals surface area contributed by atoms with Crippen LogP contribution in [0.15, 0.2) is 48.5 Å². The Morgan fingerprint density at radius 3 is 2.62 bits per heavy atom. The number of nitrogens with zero attached hydrogens (tertiary/aromatic N) is 1. The summed E-state index contributed by atoms with van der Waals surface area (Å²) in [6, 6.07) is 14.5. The molecule has 0 aromatic heterocycles. The Bertz CT molecular complexity index is 699. The van der Waals surface area contributed by atoms with Crippen LogP contribution in [-0.2, 0) is 11.2 Å². The number of nitrogens with one attached hydrogen (secondary N) is 1. The molecule has 3 rings (SSSR count). The zero-order valence-electron chi connectivity index (χ0n) is 14.0. The monoisotopic (exact) mass is 326 g/mol. The summed E-state index contributed by atoms with van der Waals surface area (Å²) < 4.78 is 13.6. The molecule has 1 fully saturated rings. The average Bonchev–Trinajstić information content (AvgIpc) is 3.01. The van der Waals surface area contributed by atoms with Crippen molar-refractivity contribution in [2.45, 2.75) is 26.2 Å². The lowest BCUT2D eigenvalue weighted by molar-refractivity contribution is -0.116. The highest BCUT2D eigenvalue weighted by Crippen LogP contribution is 2.24. The summed E-state index contributed by atoms with van der Waals surface area (Å²) in [7, 11) is 0. The first-order chi connectivity index (χ1) is 11.6. The highest BCUT2D eigenvalue weighted by molar-refractivity contribution is 5.91. The van der Waals surface area contributed by atoms with Gasteiger partial charge >= 0.3 is 0 Å². The van der Waals surface area contributed by atoms with Crippen LogP contribution in [-0.4, -0.2) is 19.0 Å². The van der Waals surface area contributed by atoms with Gasteiger partial charge in [-0.15, -0.1) is 0 Å². The predicted octanol–water partition coefficient (Wildman–Crippen LogP) is 4.24. The van der Waals surface area contributed by atoms with Gasteiger partial charge in [0.1, 0.15) is 5.82 Å². The minimum Gasteiger partial charge on any atom is -0.371 e. The Labute approximate surface area is 142 Å². The Morgan fingerprint density at radius 2 is 1.96 bits per heavy atom. The van der Waals surface area contributed by atoms with E-state index in [2.05, 4.69) is 17.1 Å². The predicted molar refractivity (Wildman–Crippen MR) is 95.8 cm³/mol. The van der Waals surface area contributed by atoms with Gasteiger partial charge in [-0.05, 0) is 54.7 Å². The van der Waals surface area contributed by atoms with Crippen molar-refractivity contribution < 1.29 is 9.18 Å². The van der Waals surface area contributed by atoms with Crippen LogP contribution in [0.1, 0.15) is 25.3 Å². The molecule has 2 aromatic carbocycles. The van der Waals surface area contributed by atoms with Gasteiger partial charge in [0.15, 0.2) is 0 Å². The molecule has 1 aliphatic rings. The minimum absolute atomic E-state index is 0.0965. The summed E-state index contributed by atoms with van der Waals surface area (Å²) in [4.78, 5) is 14.4. The second-order valence-electron chi connectivity index (χ2n) is 6.53. The molecule has 1 unspecified atom stereocenters. The lowest BCUT2D eigenvalue weighted by atomic mass is 10.1. The Balaban J connectivity index is 1.52. The number of amides is 1. The lowest BCUT2D eigenvalue weighted by Crippen LogP contribution is -2.19. The molecule has 0 aliphatic carbocycles. The van der Waals surface area contributed by atoms with Crippen LogP contribution < -0.4 is 10.2 Å². The fraction of sp³-hybridized carbons (Fsp3) is 0.350. The maximum atomic E-state index is 13.6. The molecule has 3 nitrogen and oxygen atoms in total. The van der Waals surface area contributed by atoms with E-state index in [0.29, 0.717) is 12.0 Å². The first-order valence-corrected chi connectivity index (χ1v) is 8.50. The largest absolute Gasteiger partial charge is 0.371 e. The van der Waals surface area contributed by atoms with Crippen molar-refractivity contribution in [2.24, 2.45) is 5.92 Å². The van der Waals surface area contributed by atoms with Crippen LogP contribution in [0.3, 0.4) is 0 Å². The van der Waals surface area contributed by atoms with E-state index in [9.17, 15) is 9.18 Å². The van der Waals surface area contributed by atoms with Crippen molar-refractivity contribution >= 4 is 17.3 Å². The van der Waals surface area contributed by atoms with Gasteiger partial charge in [-0.2, -0.15) is 0 Å². The third kappa shape index (κ3) is 4.13. The van der Waals surface area contributed by atoms with E-state index in [0.717, 1.165) is 24.7 Å². The molecule has 1 N–H and O–H groups in total. The zero-order chi connectivity index (χ0) is 16.9. The zero-order valence-corrected chi connectivity index (χ0v) is 14.0. The average molecular weight is 326 g/mol. The Hall–Kier alpha value is -2.36. The number of anilines is 2. The number of carbonyl (C=O) groups excluding carboxylic acids is 1. The van der Waals surface area contributed by atoms with Crippen LogP contribution in [0.2, 0.25) is 0 Å². The first-order valence-electron chi connectivity index (χ1n) is 8.50. The van der Waals surface area contributed by atoms with Gasteiger partial charge in [0.25, 0.3) is 0 Å². The van der Waals surface area contributed by atoms with Crippen LogP contribution in [0.5, 0.6) is 0 Å². The summed E-state index contributed by atoms with van der Waals surface area (Å²) in [6.45, 7) is 4.45. The molecule has 24 heavy (non-hydrogen) atoms. The van der Waals surface area contributed by atoms with Gasteiger partial charge in [0.2, 0.25) is 5.91 Å². The summed E-state index contributed by atoms with van der Waals surface area (Å²) in [5, 5.41) is 2.88. The highest BCUT2D eigenvalue weighted by Gasteiger charge is 2.18. The molecule has 4 heteroatoms. The molecular weight excluding hydrogens is 303 g/mol. The van der Waals surface area contributed by atoms with Gasteiger partial charge in [0, 0.05) is 30.9 Å². The van der Waals surface area contributed by atoms with Crippen molar-refractivity contribution in [2.75, 3.05) is 23.3 Å². The van der Waals surface area contributed by atoms with Gasteiger partial charge < -0.3 is 10.2 Å². The number of rotatable bonds is 5. The van der Waals surface area contributed by atoms with Crippen LogP contribution >= 0.6 is 0 Å². The van der Waals surface area contributed by atoms with Crippen molar-refractivity contribution in [3.8, 4) is 0 Å². The second kappa shape index (κ2) is 7.47. The molecule has 2 aromatic rings. The third-order valence-corrected chi connectivity index (χ3v) is 4.52. The van der Waals surface area contributed by atoms with Crippen molar-refractivity contribution in [3.05, 3.63) is 59.9 Å². The van der Waals surface area contributed by atoms with E-state index in [-0.39, 0.29) is 18.1 Å². The molecule has 1 aliphatic heterocycles. The van der Waals surface area contributed by atoms with Gasteiger partial charge in [0.05, 0.1) is 0 Å². The second-order valence-corrected chi connectivity index (χ2v) is 6.53. The molecule has 126 valence electrons. The Morgan fingerprint density at radius 1 is 1.21 bits per heavy atom. The number of hydrogen-bond donors (Lipinski definition) is 1. The Kier molecular flexibility index (Phi) is 5.14. The molecule has 1 heterocycles. The fourth-order valence-corrected chi connectivity index (χ4v) is 3.10. The lowest BCUT2D eigenvalue weighted by Gasteiger charge is -2.18. The van der Waals surface area contributed by atoms with Gasteiger partial charge in [-0.3, -0.25) is 4.79 Å². The summed E-state index contributed by atoms with van der Waals surface area (Å²) in [5.41, 5.74) is 2.55. The first kappa shape index (κ1) is 16.5. The number of aryl methyl sites for hydroxylation is 1. The van der Waals surface area contributed by atoms with E-state index in [1.165, 1.54) is 18.2 Å². The molecule has 0 spiro atoms. The maximum Gasteiger partial charge on any atom is 0.224 e. The fourth-order valence-electron chi connectivity index (χ4n) is 3.10. The van der Waals surface area contributed by atoms with Gasteiger partial charge in [-0.1, -0.05) is 25.1 Å². The van der Waals surface area contributed by atoms with E-state index in [1.807, 2.05) is 24.3 Å². The van der Waals surface area contributed by atoms with Crippen molar-refractivity contribution in [3.63, 3.8) is 0 Å². The third-order valence-electron chi connectivity index (χ3n) is 4.52. The normalized spacial score (nSPS) is 17.1. The summed E-state index contributed by atoms with van der Waals surface area (Å²) in [5.74, 6) is 0.387. The minimum atomic E-state index is -0.255. The molecule has 0 bridgehead atoms. The summed E-state index contributed by atoms with van der Waals surface area (Å²) in [6.07, 6.45) is 1.91. The van der Waals surface area contributed by atoms with Crippen LogP contribution in [0.25, 0.3) is 0 Å². The molecule has 1 saturated heterocycles. The van der Waals surface area contributed by atoms with E-state index in [4.69, 9.17) is 0 Å². The molecule has 0 radical (unpaired) electrons. The molecule has 1 atom stereocenters. The molecule has 1 amide bonds. The van der Waals surface area contributed by atoms with Crippen LogP contribution in [0.4, 0.5) is 15.8 Å². The van der Waals surface area contributed by atoms with Crippen molar-refractivity contribution in [1.82, 2.24) is 0 Å². The quantitative estimate of drug-likeness (QED) is 0.891. The smallest absolute Gasteiger partial charge is 0.224 e. The van der Waals surface area contributed by atoms with Crippen molar-refractivity contribution in [1.29, 1.82) is 0 Å². The van der Waals surface area contributed by atoms with E-state index in [1.54, 1.807) is 18.2 Å². The number of benzene rings is 2. The maximum absolute atomic E-state index is 13.6.